The number of hydrogen-bond donors (Lipinski definition) is 0. The third-order valence-corrected chi connectivity index (χ3v) is 2.66. The van der Waals surface area contributed by atoms with E-state index in [0.717, 1.165) is 6.26 Å². The van der Waals surface area contributed by atoms with Crippen LogP contribution in [0.15, 0.2) is 17.2 Å². The third kappa shape index (κ3) is 1.70. The average molecular weight is 207 g/mol. The summed E-state index contributed by atoms with van der Waals surface area (Å²) in [5.74, 6) is 0. The fourth-order valence-electron chi connectivity index (χ4n) is 0.991. The topological polar surface area (TPSA) is 94.6 Å². The largest absolute Gasteiger partial charge is 0.244 e. The minimum absolute atomic E-state index is 0.0564. The lowest BCUT2D eigenvalue weighted by Crippen LogP contribution is -2.05. The molecule has 0 aliphatic carbocycles. The van der Waals surface area contributed by atoms with Gasteiger partial charge in [-0.2, -0.15) is 10.5 Å². The summed E-state index contributed by atoms with van der Waals surface area (Å²) in [6, 6.07) is 4.60. The minimum Gasteiger partial charge on any atom is -0.244 e. The van der Waals surface area contributed by atoms with Gasteiger partial charge in [-0.1, -0.05) is 0 Å². The molecule has 14 heavy (non-hydrogen) atoms. The number of nitriles is 2. The summed E-state index contributed by atoms with van der Waals surface area (Å²) in [5, 5.41) is 17.3. The van der Waals surface area contributed by atoms with Gasteiger partial charge in [0.05, 0.1) is 5.56 Å². The molecule has 6 heteroatoms. The van der Waals surface area contributed by atoms with E-state index in [1.807, 2.05) is 0 Å². The molecular weight excluding hydrogens is 202 g/mol. The molecule has 1 rings (SSSR count). The van der Waals surface area contributed by atoms with E-state index in [0.29, 0.717) is 0 Å². The van der Waals surface area contributed by atoms with Crippen molar-refractivity contribution in [2.24, 2.45) is 0 Å². The Hall–Kier alpha value is -1.92. The predicted octanol–water partition coefficient (Wildman–Crippen LogP) is 0.228. The van der Waals surface area contributed by atoms with Crippen LogP contribution < -0.4 is 0 Å². The van der Waals surface area contributed by atoms with Crippen molar-refractivity contribution in [1.29, 1.82) is 10.5 Å². The van der Waals surface area contributed by atoms with Crippen molar-refractivity contribution in [3.8, 4) is 12.1 Å². The number of sulfone groups is 1. The van der Waals surface area contributed by atoms with E-state index in [-0.39, 0.29) is 16.2 Å². The highest BCUT2D eigenvalue weighted by atomic mass is 32.2. The molecule has 0 aliphatic heterocycles. The molecule has 0 aromatic carbocycles. The van der Waals surface area contributed by atoms with Gasteiger partial charge in [-0.3, -0.25) is 0 Å². The van der Waals surface area contributed by atoms with E-state index in [1.165, 1.54) is 12.3 Å². The first kappa shape index (κ1) is 10.2. The second kappa shape index (κ2) is 3.44. The smallest absolute Gasteiger partial charge is 0.179 e. The molecule has 0 atom stereocenters. The first-order valence-corrected chi connectivity index (χ1v) is 5.39. The molecule has 70 valence electrons. The van der Waals surface area contributed by atoms with Crippen LogP contribution in [0.1, 0.15) is 11.3 Å². The first-order valence-electron chi connectivity index (χ1n) is 3.50. The lowest BCUT2D eigenvalue weighted by atomic mass is 10.2. The molecule has 0 saturated heterocycles. The molecule has 0 bridgehead atoms. The van der Waals surface area contributed by atoms with Gasteiger partial charge in [-0.25, -0.2) is 13.4 Å². The standard InChI is InChI=1S/C8H5N3O2S/c1-14(12,13)8-6(4-9)2-3-11-7(8)5-10/h2-3H,1H3. The Labute approximate surface area is 81.2 Å². The van der Waals surface area contributed by atoms with Crippen molar-refractivity contribution in [2.75, 3.05) is 6.26 Å². The molecule has 1 aromatic heterocycles. The molecular formula is C8H5N3O2S. The Morgan fingerprint density at radius 2 is 2.00 bits per heavy atom. The summed E-state index contributed by atoms with van der Waals surface area (Å²) >= 11 is 0. The summed E-state index contributed by atoms with van der Waals surface area (Å²) in [4.78, 5) is 3.28. The molecule has 0 amide bonds. The van der Waals surface area contributed by atoms with Crippen LogP contribution in [0.25, 0.3) is 0 Å². The van der Waals surface area contributed by atoms with Gasteiger partial charge >= 0.3 is 0 Å². The Morgan fingerprint density at radius 3 is 2.43 bits per heavy atom. The van der Waals surface area contributed by atoms with Gasteiger partial charge < -0.3 is 0 Å². The van der Waals surface area contributed by atoms with Crippen molar-refractivity contribution >= 4 is 9.84 Å². The molecule has 1 aromatic rings. The maximum absolute atomic E-state index is 11.3. The lowest BCUT2D eigenvalue weighted by Gasteiger charge is -2.01. The highest BCUT2D eigenvalue weighted by molar-refractivity contribution is 7.90. The summed E-state index contributed by atoms with van der Waals surface area (Å²) < 4.78 is 22.5. The molecule has 5 nitrogen and oxygen atoms in total. The summed E-state index contributed by atoms with van der Waals surface area (Å²) in [6.07, 6.45) is 2.16. The second-order valence-corrected chi connectivity index (χ2v) is 4.48. The molecule has 1 heterocycles. The van der Waals surface area contributed by atoms with E-state index < -0.39 is 9.84 Å². The van der Waals surface area contributed by atoms with Crippen LogP contribution in [0.3, 0.4) is 0 Å². The van der Waals surface area contributed by atoms with Crippen molar-refractivity contribution in [3.63, 3.8) is 0 Å². The fraction of sp³-hybridized carbons (Fsp3) is 0.125. The zero-order chi connectivity index (χ0) is 10.8. The number of nitrogens with zero attached hydrogens (tertiary/aromatic N) is 3. The zero-order valence-corrected chi connectivity index (χ0v) is 8.04. The number of aromatic nitrogens is 1. The van der Waals surface area contributed by atoms with Crippen molar-refractivity contribution in [1.82, 2.24) is 4.98 Å². The Bertz CT molecular complexity index is 517. The van der Waals surface area contributed by atoms with Gasteiger partial charge in [0, 0.05) is 12.5 Å². The van der Waals surface area contributed by atoms with Crippen LogP contribution >= 0.6 is 0 Å². The third-order valence-electron chi connectivity index (χ3n) is 1.50. The van der Waals surface area contributed by atoms with Gasteiger partial charge in [-0.15, -0.1) is 0 Å². The van der Waals surface area contributed by atoms with Crippen molar-refractivity contribution < 1.29 is 8.42 Å². The normalized spacial score (nSPS) is 10.2. The average Bonchev–Trinajstić information content (AvgIpc) is 2.15. The molecule has 0 radical (unpaired) electrons. The quantitative estimate of drug-likeness (QED) is 0.656. The Balaban J connectivity index is 3.72. The predicted molar refractivity (Wildman–Crippen MR) is 46.8 cm³/mol. The van der Waals surface area contributed by atoms with Gasteiger partial charge in [0.2, 0.25) is 0 Å². The highest BCUT2D eigenvalue weighted by Crippen LogP contribution is 2.17. The van der Waals surface area contributed by atoms with Crippen LogP contribution in [0.5, 0.6) is 0 Å². The molecule has 0 spiro atoms. The van der Waals surface area contributed by atoms with Crippen molar-refractivity contribution in [2.45, 2.75) is 4.90 Å². The van der Waals surface area contributed by atoms with Crippen LogP contribution in [0.4, 0.5) is 0 Å². The van der Waals surface area contributed by atoms with E-state index >= 15 is 0 Å². The van der Waals surface area contributed by atoms with E-state index in [4.69, 9.17) is 10.5 Å². The molecule has 0 unspecified atom stereocenters. The van der Waals surface area contributed by atoms with Gasteiger partial charge in [0.25, 0.3) is 0 Å². The van der Waals surface area contributed by atoms with Crippen LogP contribution in [-0.4, -0.2) is 19.7 Å². The second-order valence-electron chi connectivity index (χ2n) is 2.53. The van der Waals surface area contributed by atoms with E-state index in [2.05, 4.69) is 4.98 Å². The Morgan fingerprint density at radius 1 is 1.36 bits per heavy atom. The maximum atomic E-state index is 11.3. The SMILES string of the molecule is CS(=O)(=O)c1c(C#N)ccnc1C#N. The van der Waals surface area contributed by atoms with Gasteiger partial charge in [0.1, 0.15) is 17.0 Å². The Kier molecular flexibility index (Phi) is 2.50. The van der Waals surface area contributed by atoms with E-state index in [1.54, 1.807) is 12.1 Å². The highest BCUT2D eigenvalue weighted by Gasteiger charge is 2.19. The first-order chi connectivity index (χ1) is 6.50. The number of hydrogen-bond acceptors (Lipinski definition) is 5. The lowest BCUT2D eigenvalue weighted by molar-refractivity contribution is 0.601. The molecule has 0 saturated carbocycles. The van der Waals surface area contributed by atoms with E-state index in [9.17, 15) is 8.42 Å². The maximum Gasteiger partial charge on any atom is 0.179 e. The van der Waals surface area contributed by atoms with Crippen LogP contribution in [-0.2, 0) is 9.84 Å². The monoisotopic (exact) mass is 207 g/mol. The van der Waals surface area contributed by atoms with Gasteiger partial charge in [0.15, 0.2) is 15.5 Å². The van der Waals surface area contributed by atoms with Gasteiger partial charge in [-0.05, 0) is 6.07 Å². The number of rotatable bonds is 1. The summed E-state index contributed by atoms with van der Waals surface area (Å²) in [6.45, 7) is 0. The minimum atomic E-state index is -3.60. The van der Waals surface area contributed by atoms with Crippen LogP contribution in [0.2, 0.25) is 0 Å². The van der Waals surface area contributed by atoms with Crippen molar-refractivity contribution in [3.05, 3.63) is 23.5 Å². The summed E-state index contributed by atoms with van der Waals surface area (Å²) in [7, 11) is -3.60. The van der Waals surface area contributed by atoms with Crippen LogP contribution in [0, 0.1) is 22.7 Å². The molecule has 0 N–H and O–H groups in total. The fourth-order valence-corrected chi connectivity index (χ4v) is 1.95. The molecule has 0 fully saturated rings. The summed E-state index contributed by atoms with van der Waals surface area (Å²) in [5.41, 5.74) is -0.300. The zero-order valence-electron chi connectivity index (χ0n) is 7.22. The number of pyridine rings is 1. The molecule has 0 aliphatic rings.